The fourth-order valence-electron chi connectivity index (χ4n) is 2.74. The number of nitrogens with one attached hydrogen (secondary N) is 1. The van der Waals surface area contributed by atoms with Crippen LogP contribution in [0, 0.1) is 0 Å². The molecule has 1 aliphatic rings. The maximum absolute atomic E-state index is 11.8. The normalized spacial score (nSPS) is 17.1. The lowest BCUT2D eigenvalue weighted by Gasteiger charge is -2.21. The van der Waals surface area contributed by atoms with Gasteiger partial charge in [0.1, 0.15) is 0 Å². The molecule has 0 radical (unpaired) electrons. The summed E-state index contributed by atoms with van der Waals surface area (Å²) in [5, 5.41) is 13.8. The van der Waals surface area contributed by atoms with E-state index in [0.29, 0.717) is 6.54 Å². The van der Waals surface area contributed by atoms with Crippen LogP contribution in [-0.4, -0.2) is 23.2 Å². The van der Waals surface area contributed by atoms with Crippen LogP contribution in [0.4, 0.5) is 0 Å². The van der Waals surface area contributed by atoms with Crippen molar-refractivity contribution in [1.29, 1.82) is 0 Å². The van der Waals surface area contributed by atoms with Gasteiger partial charge in [0.15, 0.2) is 0 Å². The lowest BCUT2D eigenvalue weighted by atomic mass is 9.97. The number of aryl methyl sites for hydroxylation is 1. The van der Waals surface area contributed by atoms with Gasteiger partial charge < -0.3 is 10.4 Å². The van der Waals surface area contributed by atoms with Gasteiger partial charge in [-0.05, 0) is 43.4 Å². The molecule has 1 saturated carbocycles. The van der Waals surface area contributed by atoms with Crippen LogP contribution >= 0.6 is 11.6 Å². The monoisotopic (exact) mass is 295 g/mol. The third-order valence-corrected chi connectivity index (χ3v) is 4.15. The molecule has 0 heterocycles. The molecule has 4 heteroatoms. The van der Waals surface area contributed by atoms with Crippen molar-refractivity contribution in [3.05, 3.63) is 34.9 Å². The largest absolute Gasteiger partial charge is 0.389 e. The molecular formula is C16H22ClNO2. The van der Waals surface area contributed by atoms with Crippen molar-refractivity contribution < 1.29 is 9.90 Å². The smallest absolute Gasteiger partial charge is 0.222 e. The second kappa shape index (κ2) is 7.09. The van der Waals surface area contributed by atoms with Gasteiger partial charge in [-0.1, -0.05) is 36.6 Å². The summed E-state index contributed by atoms with van der Waals surface area (Å²) in [7, 11) is 0. The van der Waals surface area contributed by atoms with E-state index in [4.69, 9.17) is 11.6 Å². The van der Waals surface area contributed by atoms with Crippen LogP contribution in [-0.2, 0) is 11.2 Å². The number of benzene rings is 1. The third-order valence-electron chi connectivity index (χ3n) is 3.90. The molecule has 110 valence electrons. The summed E-state index contributed by atoms with van der Waals surface area (Å²) in [5.74, 6) is -0.0366. The zero-order valence-electron chi connectivity index (χ0n) is 11.7. The van der Waals surface area contributed by atoms with Crippen LogP contribution in [0.3, 0.4) is 0 Å². The van der Waals surface area contributed by atoms with E-state index in [2.05, 4.69) is 5.32 Å². The van der Waals surface area contributed by atoms with E-state index in [1.807, 2.05) is 24.3 Å². The minimum Gasteiger partial charge on any atom is -0.389 e. The number of halogens is 1. The Bertz CT molecular complexity index is 438. The molecule has 0 aliphatic heterocycles. The molecule has 0 spiro atoms. The molecule has 1 aromatic carbocycles. The topological polar surface area (TPSA) is 49.3 Å². The van der Waals surface area contributed by atoms with Crippen molar-refractivity contribution in [2.45, 2.75) is 50.5 Å². The Labute approximate surface area is 125 Å². The molecule has 0 bridgehead atoms. The van der Waals surface area contributed by atoms with E-state index >= 15 is 0 Å². The molecule has 1 aromatic rings. The highest BCUT2D eigenvalue weighted by Crippen LogP contribution is 2.32. The number of aliphatic hydroxyl groups is 1. The Morgan fingerprint density at radius 1 is 1.25 bits per heavy atom. The number of hydrogen-bond acceptors (Lipinski definition) is 2. The summed E-state index contributed by atoms with van der Waals surface area (Å²) in [6.45, 7) is 0.650. The molecule has 3 nitrogen and oxygen atoms in total. The van der Waals surface area contributed by atoms with Crippen molar-refractivity contribution in [2.75, 3.05) is 6.54 Å². The zero-order chi connectivity index (χ0) is 14.4. The highest BCUT2D eigenvalue weighted by molar-refractivity contribution is 6.30. The third kappa shape index (κ3) is 4.80. The van der Waals surface area contributed by atoms with Crippen molar-refractivity contribution in [3.63, 3.8) is 0 Å². The minimum atomic E-state index is -0.750. The fraction of sp³-hybridized carbons (Fsp3) is 0.562. The maximum Gasteiger partial charge on any atom is 0.222 e. The summed E-state index contributed by atoms with van der Waals surface area (Å²) in [6, 6.07) is 7.77. The molecule has 1 amide bonds. The fourth-order valence-corrected chi connectivity index (χ4v) is 2.87. The highest BCUT2D eigenvalue weighted by atomic mass is 35.5. The Hall–Kier alpha value is -1.06. The molecule has 1 aliphatic carbocycles. The summed E-state index contributed by atoms with van der Waals surface area (Å²) >= 11 is 5.83. The number of carbonyl (C=O) groups excluding carboxylic acids is 1. The average Bonchev–Trinajstić information content (AvgIpc) is 2.83. The van der Waals surface area contributed by atoms with Gasteiger partial charge in [0.25, 0.3) is 0 Å². The molecular weight excluding hydrogens is 274 g/mol. The van der Waals surface area contributed by atoms with E-state index in [1.165, 1.54) is 5.56 Å². The summed E-state index contributed by atoms with van der Waals surface area (Å²) in [4.78, 5) is 11.8. The SMILES string of the molecule is O=C(CC1(O)CCCC1)NCCCc1ccc(Cl)cc1. The maximum atomic E-state index is 11.8. The first-order valence-electron chi connectivity index (χ1n) is 7.31. The molecule has 0 saturated heterocycles. The van der Waals surface area contributed by atoms with Gasteiger partial charge in [-0.3, -0.25) is 4.79 Å². The quantitative estimate of drug-likeness (QED) is 0.792. The number of amides is 1. The Morgan fingerprint density at radius 3 is 2.55 bits per heavy atom. The minimum absolute atomic E-state index is 0.0366. The van der Waals surface area contributed by atoms with Gasteiger partial charge in [0, 0.05) is 11.6 Å². The van der Waals surface area contributed by atoms with Gasteiger partial charge in [0.2, 0.25) is 5.91 Å². The number of hydrogen-bond donors (Lipinski definition) is 2. The van der Waals surface area contributed by atoms with Crippen LogP contribution in [0.15, 0.2) is 24.3 Å². The zero-order valence-corrected chi connectivity index (χ0v) is 12.5. The standard InChI is InChI=1S/C16H22ClNO2/c17-14-7-5-13(6-8-14)4-3-11-18-15(19)12-16(20)9-1-2-10-16/h5-8,20H,1-4,9-12H2,(H,18,19). The first-order valence-corrected chi connectivity index (χ1v) is 7.69. The van der Waals surface area contributed by atoms with Gasteiger partial charge in [-0.15, -0.1) is 0 Å². The van der Waals surface area contributed by atoms with Crippen LogP contribution in [0.5, 0.6) is 0 Å². The Kier molecular flexibility index (Phi) is 5.44. The predicted molar refractivity (Wildman–Crippen MR) is 80.8 cm³/mol. The first kappa shape index (κ1) is 15.3. The second-order valence-electron chi connectivity index (χ2n) is 5.69. The molecule has 1 fully saturated rings. The molecule has 20 heavy (non-hydrogen) atoms. The van der Waals surface area contributed by atoms with Gasteiger partial charge in [-0.2, -0.15) is 0 Å². The van der Waals surface area contributed by atoms with Crippen molar-refractivity contribution in [3.8, 4) is 0 Å². The van der Waals surface area contributed by atoms with Crippen LogP contribution < -0.4 is 5.32 Å². The predicted octanol–water partition coefficient (Wildman–Crippen LogP) is 3.08. The van der Waals surface area contributed by atoms with Gasteiger partial charge in [0.05, 0.1) is 12.0 Å². The van der Waals surface area contributed by atoms with Gasteiger partial charge >= 0.3 is 0 Å². The lowest BCUT2D eigenvalue weighted by Crippen LogP contribution is -2.35. The summed E-state index contributed by atoms with van der Waals surface area (Å²) in [6.07, 6.45) is 5.62. The van der Waals surface area contributed by atoms with E-state index < -0.39 is 5.60 Å². The first-order chi connectivity index (χ1) is 9.57. The number of carbonyl (C=O) groups is 1. The van der Waals surface area contributed by atoms with Crippen molar-refractivity contribution >= 4 is 17.5 Å². The van der Waals surface area contributed by atoms with Crippen LogP contribution in [0.1, 0.15) is 44.1 Å². The highest BCUT2D eigenvalue weighted by Gasteiger charge is 2.33. The van der Waals surface area contributed by atoms with Crippen molar-refractivity contribution in [1.82, 2.24) is 5.32 Å². The number of rotatable bonds is 6. The summed E-state index contributed by atoms with van der Waals surface area (Å²) in [5.41, 5.74) is 0.471. The van der Waals surface area contributed by atoms with E-state index in [-0.39, 0.29) is 12.3 Å². The molecule has 0 aromatic heterocycles. The molecule has 2 N–H and O–H groups in total. The van der Waals surface area contributed by atoms with Crippen LogP contribution in [0.2, 0.25) is 5.02 Å². The van der Waals surface area contributed by atoms with E-state index in [0.717, 1.165) is 43.5 Å². The molecule has 0 atom stereocenters. The van der Waals surface area contributed by atoms with E-state index in [9.17, 15) is 9.90 Å². The van der Waals surface area contributed by atoms with E-state index in [1.54, 1.807) is 0 Å². The second-order valence-corrected chi connectivity index (χ2v) is 6.12. The summed E-state index contributed by atoms with van der Waals surface area (Å²) < 4.78 is 0. The lowest BCUT2D eigenvalue weighted by molar-refractivity contribution is -0.125. The van der Waals surface area contributed by atoms with Gasteiger partial charge in [-0.25, -0.2) is 0 Å². The van der Waals surface area contributed by atoms with Crippen molar-refractivity contribution in [2.24, 2.45) is 0 Å². The Morgan fingerprint density at radius 2 is 1.90 bits per heavy atom. The Balaban J connectivity index is 1.63. The molecule has 2 rings (SSSR count). The van der Waals surface area contributed by atoms with Crippen LogP contribution in [0.25, 0.3) is 0 Å². The molecule has 0 unspecified atom stereocenters. The average molecular weight is 296 g/mol.